The highest BCUT2D eigenvalue weighted by Crippen LogP contribution is 2.45. The predicted octanol–water partition coefficient (Wildman–Crippen LogP) is 2.40. The van der Waals surface area contributed by atoms with Crippen molar-refractivity contribution in [1.82, 2.24) is 14.7 Å². The van der Waals surface area contributed by atoms with Crippen LogP contribution >= 0.6 is 0 Å². The summed E-state index contributed by atoms with van der Waals surface area (Å²) in [5.74, 6) is 1.97. The number of hydrogen-bond donors (Lipinski definition) is 0. The van der Waals surface area contributed by atoms with Crippen LogP contribution in [0.5, 0.6) is 0 Å². The van der Waals surface area contributed by atoms with Crippen LogP contribution in [0.4, 0.5) is 4.79 Å². The van der Waals surface area contributed by atoms with Crippen LogP contribution in [-0.4, -0.2) is 65.9 Å². The molecule has 0 radical (unpaired) electrons. The van der Waals surface area contributed by atoms with Crippen molar-refractivity contribution < 1.29 is 9.59 Å². The van der Waals surface area contributed by atoms with E-state index in [0.717, 1.165) is 24.9 Å². The summed E-state index contributed by atoms with van der Waals surface area (Å²) in [6, 6.07) is 10.4. The van der Waals surface area contributed by atoms with E-state index in [1.165, 1.54) is 12.0 Å². The van der Waals surface area contributed by atoms with Gasteiger partial charge in [-0.2, -0.15) is 0 Å². The smallest absolute Gasteiger partial charge is 0.320 e. The Hall–Kier alpha value is -2.04. The van der Waals surface area contributed by atoms with Crippen LogP contribution in [-0.2, 0) is 4.79 Å². The summed E-state index contributed by atoms with van der Waals surface area (Å²) in [7, 11) is 0. The lowest BCUT2D eigenvalue weighted by molar-refractivity contribution is -0.133. The zero-order chi connectivity index (χ0) is 17.4. The Morgan fingerprint density at radius 3 is 2.20 bits per heavy atom. The molecule has 3 unspecified atom stereocenters. The van der Waals surface area contributed by atoms with E-state index < -0.39 is 0 Å². The van der Waals surface area contributed by atoms with Crippen LogP contribution in [0.2, 0.25) is 0 Å². The maximum Gasteiger partial charge on any atom is 0.320 e. The van der Waals surface area contributed by atoms with Crippen molar-refractivity contribution in [3.8, 4) is 0 Å². The van der Waals surface area contributed by atoms with Crippen LogP contribution in [0.25, 0.3) is 0 Å². The summed E-state index contributed by atoms with van der Waals surface area (Å²) < 4.78 is 0. The highest BCUT2D eigenvalue weighted by atomic mass is 16.2. The second kappa shape index (κ2) is 6.70. The second-order valence-corrected chi connectivity index (χ2v) is 7.83. The summed E-state index contributed by atoms with van der Waals surface area (Å²) in [4.78, 5) is 31.0. The van der Waals surface area contributed by atoms with Gasteiger partial charge >= 0.3 is 6.03 Å². The molecule has 0 aromatic heterocycles. The number of nitrogens with zero attached hydrogens (tertiary/aromatic N) is 3. The molecule has 2 aliphatic heterocycles. The van der Waals surface area contributed by atoms with Gasteiger partial charge in [0.05, 0.1) is 0 Å². The number of urea groups is 1. The minimum Gasteiger partial charge on any atom is -0.339 e. The molecule has 1 aliphatic carbocycles. The third kappa shape index (κ3) is 3.51. The fourth-order valence-corrected chi connectivity index (χ4v) is 4.19. The zero-order valence-electron chi connectivity index (χ0n) is 14.9. The molecule has 4 rings (SSSR count). The molecule has 3 aliphatic rings. The van der Waals surface area contributed by atoms with Gasteiger partial charge in [0.15, 0.2) is 0 Å². The van der Waals surface area contributed by atoms with Crippen molar-refractivity contribution >= 4 is 11.9 Å². The van der Waals surface area contributed by atoms with Crippen molar-refractivity contribution in [2.24, 2.45) is 11.8 Å². The number of rotatable bonds is 3. The van der Waals surface area contributed by atoms with E-state index in [2.05, 4.69) is 19.1 Å². The van der Waals surface area contributed by atoms with Crippen LogP contribution in [0.3, 0.4) is 0 Å². The van der Waals surface area contributed by atoms with Gasteiger partial charge < -0.3 is 14.7 Å². The normalized spacial score (nSPS) is 26.4. The first-order valence-corrected chi connectivity index (χ1v) is 9.48. The Labute approximate surface area is 149 Å². The molecule has 134 valence electrons. The molecular formula is C20H27N3O2. The monoisotopic (exact) mass is 341 g/mol. The Bertz CT molecular complexity index is 630. The van der Waals surface area contributed by atoms with E-state index >= 15 is 0 Å². The van der Waals surface area contributed by atoms with E-state index in [9.17, 15) is 9.59 Å². The molecule has 2 saturated heterocycles. The minimum absolute atomic E-state index is 0.178. The van der Waals surface area contributed by atoms with Crippen molar-refractivity contribution in [3.05, 3.63) is 35.9 Å². The number of carbonyl (C=O) groups excluding carboxylic acids is 2. The molecule has 1 aromatic rings. The minimum atomic E-state index is 0.178. The Kier molecular flexibility index (Phi) is 4.40. The number of carbonyl (C=O) groups is 2. The molecule has 2 heterocycles. The summed E-state index contributed by atoms with van der Waals surface area (Å²) in [6.45, 7) is 6.63. The van der Waals surface area contributed by atoms with Gasteiger partial charge in [0.1, 0.15) is 0 Å². The molecule has 3 atom stereocenters. The Morgan fingerprint density at radius 1 is 0.960 bits per heavy atom. The van der Waals surface area contributed by atoms with Gasteiger partial charge in [-0.25, -0.2) is 4.79 Å². The van der Waals surface area contributed by atoms with Gasteiger partial charge in [-0.05, 0) is 29.7 Å². The molecule has 25 heavy (non-hydrogen) atoms. The van der Waals surface area contributed by atoms with E-state index in [-0.39, 0.29) is 17.9 Å². The first kappa shape index (κ1) is 16.4. The van der Waals surface area contributed by atoms with Crippen LogP contribution < -0.4 is 0 Å². The molecule has 0 N–H and O–H groups in total. The molecule has 5 nitrogen and oxygen atoms in total. The largest absolute Gasteiger partial charge is 0.339 e. The number of piperidine rings is 1. The highest BCUT2D eigenvalue weighted by Gasteiger charge is 2.47. The maximum absolute atomic E-state index is 12.6. The van der Waals surface area contributed by atoms with Crippen molar-refractivity contribution in [2.75, 3.05) is 39.3 Å². The topological polar surface area (TPSA) is 43.9 Å². The lowest BCUT2D eigenvalue weighted by atomic mass is 9.97. The maximum atomic E-state index is 12.6. The van der Waals surface area contributed by atoms with Crippen molar-refractivity contribution in [1.29, 1.82) is 0 Å². The SMILES string of the molecule is CC(CC(=O)N1CCN(C(=O)N2CC3CC3C2)CC1)c1ccccc1. The molecule has 0 bridgehead atoms. The Morgan fingerprint density at radius 2 is 1.56 bits per heavy atom. The fourth-order valence-electron chi connectivity index (χ4n) is 4.19. The third-order valence-corrected chi connectivity index (χ3v) is 6.00. The standard InChI is InChI=1S/C20H27N3O2/c1-15(16-5-3-2-4-6-16)11-19(24)21-7-9-22(10-8-21)20(25)23-13-17-12-18(17)14-23/h2-6,15,17-18H,7-14H2,1H3. The lowest BCUT2D eigenvalue weighted by Crippen LogP contribution is -2.54. The van der Waals surface area contributed by atoms with E-state index in [4.69, 9.17) is 0 Å². The molecular weight excluding hydrogens is 314 g/mol. The number of fused-ring (bicyclic) bond motifs is 1. The van der Waals surface area contributed by atoms with E-state index in [1.807, 2.05) is 32.9 Å². The predicted molar refractivity (Wildman–Crippen MR) is 96.2 cm³/mol. The van der Waals surface area contributed by atoms with Gasteiger partial charge in [-0.15, -0.1) is 0 Å². The number of benzene rings is 1. The highest BCUT2D eigenvalue weighted by molar-refractivity contribution is 5.78. The van der Waals surface area contributed by atoms with Gasteiger partial charge in [0.2, 0.25) is 5.91 Å². The summed E-state index contributed by atoms with van der Waals surface area (Å²) in [5.41, 5.74) is 1.21. The van der Waals surface area contributed by atoms with Crippen LogP contribution in [0, 0.1) is 11.8 Å². The Balaban J connectivity index is 1.25. The molecule has 1 aromatic carbocycles. The lowest BCUT2D eigenvalue weighted by Gasteiger charge is -2.37. The molecule has 3 fully saturated rings. The fraction of sp³-hybridized carbons (Fsp3) is 0.600. The third-order valence-electron chi connectivity index (χ3n) is 6.00. The van der Waals surface area contributed by atoms with Gasteiger partial charge in [0.25, 0.3) is 0 Å². The molecule has 0 spiro atoms. The second-order valence-electron chi connectivity index (χ2n) is 7.83. The van der Waals surface area contributed by atoms with Crippen molar-refractivity contribution in [2.45, 2.75) is 25.7 Å². The summed E-state index contributed by atoms with van der Waals surface area (Å²) in [5, 5.41) is 0. The van der Waals surface area contributed by atoms with E-state index in [0.29, 0.717) is 32.6 Å². The summed E-state index contributed by atoms with van der Waals surface area (Å²) in [6.07, 6.45) is 1.85. The molecule has 1 saturated carbocycles. The molecule has 5 heteroatoms. The number of likely N-dealkylation sites (tertiary alicyclic amines) is 1. The van der Waals surface area contributed by atoms with E-state index in [1.54, 1.807) is 0 Å². The number of amides is 3. The van der Waals surface area contributed by atoms with Crippen LogP contribution in [0.1, 0.15) is 31.2 Å². The zero-order valence-corrected chi connectivity index (χ0v) is 14.9. The first-order valence-electron chi connectivity index (χ1n) is 9.48. The number of hydrogen-bond acceptors (Lipinski definition) is 2. The average molecular weight is 341 g/mol. The quantitative estimate of drug-likeness (QED) is 0.847. The first-order chi connectivity index (χ1) is 12.1. The summed E-state index contributed by atoms with van der Waals surface area (Å²) >= 11 is 0. The average Bonchev–Trinajstić information content (AvgIpc) is 3.27. The van der Waals surface area contributed by atoms with Gasteiger partial charge in [-0.3, -0.25) is 4.79 Å². The van der Waals surface area contributed by atoms with Gasteiger partial charge in [-0.1, -0.05) is 37.3 Å². The number of piperazine rings is 1. The van der Waals surface area contributed by atoms with Gasteiger partial charge in [0, 0.05) is 45.7 Å². The van der Waals surface area contributed by atoms with Crippen molar-refractivity contribution in [3.63, 3.8) is 0 Å². The van der Waals surface area contributed by atoms with Crippen LogP contribution in [0.15, 0.2) is 30.3 Å². The molecule has 3 amide bonds.